The lowest BCUT2D eigenvalue weighted by Crippen LogP contribution is -2.01. The zero-order valence-corrected chi connectivity index (χ0v) is 21.8. The van der Waals surface area contributed by atoms with Gasteiger partial charge in [0.1, 0.15) is 10.3 Å². The van der Waals surface area contributed by atoms with E-state index in [-0.39, 0.29) is 0 Å². The van der Waals surface area contributed by atoms with Crippen LogP contribution >= 0.6 is 27.3 Å². The zero-order valence-electron chi connectivity index (χ0n) is 19.4. The summed E-state index contributed by atoms with van der Waals surface area (Å²) in [5, 5.41) is 0. The summed E-state index contributed by atoms with van der Waals surface area (Å²) in [7, 11) is 0. The largest absolute Gasteiger partial charge is 0.276 e. The molecule has 3 heterocycles. The van der Waals surface area contributed by atoms with Crippen LogP contribution in [0.3, 0.4) is 0 Å². The van der Waals surface area contributed by atoms with Crippen LogP contribution in [0.2, 0.25) is 0 Å². The summed E-state index contributed by atoms with van der Waals surface area (Å²) in [4.78, 5) is 20.6. The van der Waals surface area contributed by atoms with Gasteiger partial charge in [0, 0.05) is 22.3 Å². The Labute approximate surface area is 225 Å². The fourth-order valence-corrected chi connectivity index (χ4v) is 6.30. The van der Waals surface area contributed by atoms with Crippen molar-refractivity contribution in [3.8, 4) is 45.4 Å². The van der Waals surface area contributed by atoms with E-state index < -0.39 is 0 Å². The van der Waals surface area contributed by atoms with Crippen molar-refractivity contribution in [1.29, 1.82) is 0 Å². The highest BCUT2D eigenvalue weighted by Crippen LogP contribution is 2.39. The standard InChI is InChI=1S/C30H18BrN5S/c31-26-24(19-11-4-1-5-12-19)32-30-36(26)25-22(17-10-18-23(25)37-30)29-34-27(20-13-6-2-7-14-20)33-28(35-29)21-15-8-3-9-16-21/h1-18H. The molecule has 0 saturated heterocycles. The number of imidazole rings is 1. The molecule has 0 spiro atoms. The van der Waals surface area contributed by atoms with Crippen LogP contribution in [-0.4, -0.2) is 24.3 Å². The summed E-state index contributed by atoms with van der Waals surface area (Å²) >= 11 is 5.50. The van der Waals surface area contributed by atoms with Gasteiger partial charge < -0.3 is 0 Å². The summed E-state index contributed by atoms with van der Waals surface area (Å²) in [5.41, 5.74) is 5.82. The fraction of sp³-hybridized carbons (Fsp3) is 0. The van der Waals surface area contributed by atoms with Crippen molar-refractivity contribution in [2.24, 2.45) is 0 Å². The van der Waals surface area contributed by atoms with E-state index in [0.29, 0.717) is 17.5 Å². The minimum atomic E-state index is 0.625. The Morgan fingerprint density at radius 3 is 1.68 bits per heavy atom. The second kappa shape index (κ2) is 9.03. The molecule has 0 atom stereocenters. The molecule has 0 radical (unpaired) electrons. The molecule has 0 bridgehead atoms. The molecule has 0 aliphatic rings. The maximum absolute atomic E-state index is 4.97. The maximum atomic E-state index is 4.97. The molecule has 0 N–H and O–H groups in total. The number of thiazole rings is 1. The first-order chi connectivity index (χ1) is 18.3. The molecule has 0 aliphatic carbocycles. The van der Waals surface area contributed by atoms with E-state index in [2.05, 4.69) is 44.6 Å². The monoisotopic (exact) mass is 559 g/mol. The van der Waals surface area contributed by atoms with Gasteiger partial charge in [0.2, 0.25) is 0 Å². The molecule has 37 heavy (non-hydrogen) atoms. The molecule has 4 aromatic carbocycles. The van der Waals surface area contributed by atoms with Crippen LogP contribution in [0.4, 0.5) is 0 Å². The number of hydrogen-bond acceptors (Lipinski definition) is 5. The number of hydrogen-bond donors (Lipinski definition) is 0. The molecule has 0 amide bonds. The highest BCUT2D eigenvalue weighted by molar-refractivity contribution is 9.10. The Morgan fingerprint density at radius 2 is 1.08 bits per heavy atom. The van der Waals surface area contributed by atoms with Crippen LogP contribution in [0, 0.1) is 0 Å². The molecule has 3 aromatic heterocycles. The number of para-hydroxylation sites is 1. The van der Waals surface area contributed by atoms with Gasteiger partial charge in [-0.1, -0.05) is 108 Å². The Hall–Kier alpha value is -4.20. The van der Waals surface area contributed by atoms with E-state index in [0.717, 1.165) is 47.7 Å². The molecule has 176 valence electrons. The van der Waals surface area contributed by atoms with Crippen LogP contribution in [0.25, 0.3) is 60.6 Å². The molecular formula is C30H18BrN5S. The third kappa shape index (κ3) is 3.84. The van der Waals surface area contributed by atoms with Crippen molar-refractivity contribution >= 4 is 42.4 Å². The van der Waals surface area contributed by atoms with Crippen molar-refractivity contribution in [3.63, 3.8) is 0 Å². The lowest BCUT2D eigenvalue weighted by molar-refractivity contribution is 1.07. The number of benzene rings is 4. The van der Waals surface area contributed by atoms with Gasteiger partial charge in [0.15, 0.2) is 22.4 Å². The van der Waals surface area contributed by atoms with Crippen LogP contribution in [-0.2, 0) is 0 Å². The third-order valence-corrected chi connectivity index (χ3v) is 7.94. The maximum Gasteiger partial charge on any atom is 0.196 e. The van der Waals surface area contributed by atoms with E-state index in [1.165, 1.54) is 0 Å². The lowest BCUT2D eigenvalue weighted by Gasteiger charge is -2.09. The summed E-state index contributed by atoms with van der Waals surface area (Å²) in [6.45, 7) is 0. The predicted molar refractivity (Wildman–Crippen MR) is 153 cm³/mol. The summed E-state index contributed by atoms with van der Waals surface area (Å²) in [6, 6.07) is 36.5. The van der Waals surface area contributed by atoms with Crippen molar-refractivity contribution in [3.05, 3.63) is 114 Å². The van der Waals surface area contributed by atoms with E-state index in [4.69, 9.17) is 19.9 Å². The third-order valence-electron chi connectivity index (χ3n) is 6.20. The van der Waals surface area contributed by atoms with Gasteiger partial charge in [0.05, 0.1) is 10.2 Å². The lowest BCUT2D eigenvalue weighted by atomic mass is 10.1. The van der Waals surface area contributed by atoms with E-state index >= 15 is 0 Å². The van der Waals surface area contributed by atoms with E-state index in [1.54, 1.807) is 11.3 Å². The predicted octanol–water partition coefficient (Wildman–Crippen LogP) is 8.16. The Balaban J connectivity index is 1.50. The van der Waals surface area contributed by atoms with Gasteiger partial charge in [-0.3, -0.25) is 4.40 Å². The Kier molecular flexibility index (Phi) is 5.38. The molecule has 7 aromatic rings. The first-order valence-electron chi connectivity index (χ1n) is 11.8. The van der Waals surface area contributed by atoms with Crippen LogP contribution in [0.1, 0.15) is 0 Å². The van der Waals surface area contributed by atoms with E-state index in [9.17, 15) is 0 Å². The molecule has 0 saturated carbocycles. The van der Waals surface area contributed by atoms with Crippen LogP contribution in [0.15, 0.2) is 114 Å². The summed E-state index contributed by atoms with van der Waals surface area (Å²) in [5.74, 6) is 1.91. The quantitative estimate of drug-likeness (QED) is 0.218. The number of fused-ring (bicyclic) bond motifs is 3. The SMILES string of the molecule is Brc1c(-c2ccccc2)nc2sc3cccc(-c4nc(-c5ccccc5)nc(-c5ccccc5)n4)c3n12. The average Bonchev–Trinajstić information content (AvgIpc) is 3.50. The van der Waals surface area contributed by atoms with Crippen molar-refractivity contribution < 1.29 is 0 Å². The topological polar surface area (TPSA) is 56.0 Å². The second-order valence-electron chi connectivity index (χ2n) is 8.53. The van der Waals surface area contributed by atoms with Crippen molar-refractivity contribution in [1.82, 2.24) is 24.3 Å². The van der Waals surface area contributed by atoms with Crippen molar-refractivity contribution in [2.45, 2.75) is 0 Å². The van der Waals surface area contributed by atoms with Crippen molar-refractivity contribution in [2.75, 3.05) is 0 Å². The number of aromatic nitrogens is 5. The van der Waals surface area contributed by atoms with Gasteiger partial charge in [-0.05, 0) is 28.1 Å². The first kappa shape index (κ1) is 22.0. The van der Waals surface area contributed by atoms with Gasteiger partial charge in [0.25, 0.3) is 0 Å². The molecular weight excluding hydrogens is 542 g/mol. The average molecular weight is 560 g/mol. The number of rotatable bonds is 4. The van der Waals surface area contributed by atoms with Gasteiger partial charge in [-0.15, -0.1) is 0 Å². The normalized spacial score (nSPS) is 11.4. The summed E-state index contributed by atoms with van der Waals surface area (Å²) < 4.78 is 4.18. The molecule has 0 fully saturated rings. The fourth-order valence-electron chi connectivity index (χ4n) is 4.47. The minimum Gasteiger partial charge on any atom is -0.276 e. The number of halogens is 1. The van der Waals surface area contributed by atoms with E-state index in [1.807, 2.05) is 84.9 Å². The van der Waals surface area contributed by atoms with Gasteiger partial charge >= 0.3 is 0 Å². The highest BCUT2D eigenvalue weighted by atomic mass is 79.9. The van der Waals surface area contributed by atoms with Gasteiger partial charge in [-0.2, -0.15) is 0 Å². The zero-order chi connectivity index (χ0) is 24.8. The Morgan fingerprint density at radius 1 is 0.541 bits per heavy atom. The van der Waals surface area contributed by atoms with Crippen LogP contribution in [0.5, 0.6) is 0 Å². The first-order valence-corrected chi connectivity index (χ1v) is 13.4. The van der Waals surface area contributed by atoms with Gasteiger partial charge in [-0.25, -0.2) is 19.9 Å². The second-order valence-corrected chi connectivity index (χ2v) is 10.3. The Bertz CT molecular complexity index is 1820. The molecule has 0 unspecified atom stereocenters. The molecule has 0 aliphatic heterocycles. The smallest absolute Gasteiger partial charge is 0.196 e. The summed E-state index contributed by atoms with van der Waals surface area (Å²) in [6.07, 6.45) is 0. The molecule has 7 rings (SSSR count). The highest BCUT2D eigenvalue weighted by Gasteiger charge is 2.21. The van der Waals surface area contributed by atoms with Crippen LogP contribution < -0.4 is 0 Å². The molecule has 5 nitrogen and oxygen atoms in total. The molecule has 7 heteroatoms. The minimum absolute atomic E-state index is 0.625. The number of nitrogens with zero attached hydrogens (tertiary/aromatic N) is 5.